The molecule has 0 N–H and O–H groups in total. The molecule has 0 saturated heterocycles. The number of hydrogen-bond acceptors (Lipinski definition) is 2. The van der Waals surface area contributed by atoms with E-state index in [1.54, 1.807) is 0 Å². The number of amides is 1. The number of fused-ring (bicyclic) bond motifs is 1. The van der Waals surface area contributed by atoms with Crippen LogP contribution in [0.3, 0.4) is 0 Å². The first kappa shape index (κ1) is 11.5. The molecule has 0 aromatic rings. The molecule has 17 heavy (non-hydrogen) atoms. The largest absolute Gasteiger partial charge is 0.379 e. The molecule has 2 atom stereocenters. The van der Waals surface area contributed by atoms with Crippen LogP contribution in [0.25, 0.3) is 0 Å². The van der Waals surface area contributed by atoms with Gasteiger partial charge in [-0.3, -0.25) is 4.79 Å². The summed E-state index contributed by atoms with van der Waals surface area (Å²) in [6.45, 7) is 2.37. The molecule has 3 aliphatic carbocycles. The predicted molar refractivity (Wildman–Crippen MR) is 65.5 cm³/mol. The van der Waals surface area contributed by atoms with Gasteiger partial charge in [0, 0.05) is 26.1 Å². The molecular weight excluding hydrogens is 214 g/mol. The van der Waals surface area contributed by atoms with E-state index in [9.17, 15) is 4.79 Å². The SMILES string of the molecule is CN(CCOCC1CC1)C(=O)C1CC2CC2C1. The fourth-order valence-electron chi connectivity index (χ4n) is 3.07. The van der Waals surface area contributed by atoms with Crippen LogP contribution in [0.1, 0.15) is 32.1 Å². The molecule has 3 nitrogen and oxygen atoms in total. The Labute approximate surface area is 104 Å². The molecule has 0 heterocycles. The van der Waals surface area contributed by atoms with E-state index < -0.39 is 0 Å². The third-order valence-electron chi connectivity index (χ3n) is 4.59. The summed E-state index contributed by atoms with van der Waals surface area (Å²) in [4.78, 5) is 14.0. The molecule has 3 fully saturated rings. The Balaban J connectivity index is 1.33. The fourth-order valence-corrected chi connectivity index (χ4v) is 3.07. The van der Waals surface area contributed by atoms with Gasteiger partial charge in [-0.2, -0.15) is 0 Å². The van der Waals surface area contributed by atoms with E-state index in [0.29, 0.717) is 18.4 Å². The molecule has 0 aromatic heterocycles. The van der Waals surface area contributed by atoms with E-state index in [2.05, 4.69) is 0 Å². The van der Waals surface area contributed by atoms with Crippen molar-refractivity contribution in [2.24, 2.45) is 23.7 Å². The van der Waals surface area contributed by atoms with Crippen LogP contribution in [0, 0.1) is 23.7 Å². The van der Waals surface area contributed by atoms with Crippen molar-refractivity contribution < 1.29 is 9.53 Å². The Hall–Kier alpha value is -0.570. The number of rotatable bonds is 6. The van der Waals surface area contributed by atoms with Gasteiger partial charge in [0.1, 0.15) is 0 Å². The third-order valence-corrected chi connectivity index (χ3v) is 4.59. The lowest BCUT2D eigenvalue weighted by molar-refractivity contribution is -0.135. The molecule has 3 heteroatoms. The molecular formula is C14H23NO2. The molecule has 0 aliphatic heterocycles. The molecule has 0 spiro atoms. The van der Waals surface area contributed by atoms with Crippen molar-refractivity contribution in [2.45, 2.75) is 32.1 Å². The number of carbonyl (C=O) groups excluding carboxylic acids is 1. The van der Waals surface area contributed by atoms with Crippen LogP contribution in [-0.4, -0.2) is 37.6 Å². The van der Waals surface area contributed by atoms with Gasteiger partial charge in [-0.05, 0) is 49.9 Å². The summed E-state index contributed by atoms with van der Waals surface area (Å²) in [6, 6.07) is 0. The average molecular weight is 237 g/mol. The predicted octanol–water partition coefficient (Wildman–Crippen LogP) is 1.92. The normalized spacial score (nSPS) is 34.5. The molecule has 0 radical (unpaired) electrons. The van der Waals surface area contributed by atoms with Gasteiger partial charge in [0.05, 0.1) is 6.61 Å². The maximum absolute atomic E-state index is 12.1. The number of carbonyl (C=O) groups is 1. The van der Waals surface area contributed by atoms with Crippen LogP contribution in [0.4, 0.5) is 0 Å². The van der Waals surface area contributed by atoms with Crippen molar-refractivity contribution in [1.29, 1.82) is 0 Å². The first-order valence-electron chi connectivity index (χ1n) is 7.06. The van der Waals surface area contributed by atoms with Gasteiger partial charge in [-0.15, -0.1) is 0 Å². The Morgan fingerprint density at radius 3 is 2.59 bits per heavy atom. The van der Waals surface area contributed by atoms with Crippen molar-refractivity contribution in [3.63, 3.8) is 0 Å². The summed E-state index contributed by atoms with van der Waals surface area (Å²) in [6.07, 6.45) is 6.35. The molecule has 3 aliphatic rings. The van der Waals surface area contributed by atoms with Crippen molar-refractivity contribution in [3.8, 4) is 0 Å². The lowest BCUT2D eigenvalue weighted by Gasteiger charge is -2.21. The number of nitrogens with zero attached hydrogens (tertiary/aromatic N) is 1. The van der Waals surface area contributed by atoms with Crippen molar-refractivity contribution in [3.05, 3.63) is 0 Å². The molecule has 3 saturated carbocycles. The molecule has 3 rings (SSSR count). The Kier molecular flexibility index (Phi) is 3.12. The van der Waals surface area contributed by atoms with E-state index >= 15 is 0 Å². The first-order valence-corrected chi connectivity index (χ1v) is 7.06. The quantitative estimate of drug-likeness (QED) is 0.661. The summed E-state index contributed by atoms with van der Waals surface area (Å²) in [7, 11) is 1.92. The van der Waals surface area contributed by atoms with Gasteiger partial charge in [0.25, 0.3) is 0 Å². The lowest BCUT2D eigenvalue weighted by atomic mass is 10.0. The van der Waals surface area contributed by atoms with Gasteiger partial charge in [0.15, 0.2) is 0 Å². The van der Waals surface area contributed by atoms with E-state index in [1.165, 1.54) is 19.3 Å². The number of hydrogen-bond donors (Lipinski definition) is 0. The van der Waals surface area contributed by atoms with Gasteiger partial charge >= 0.3 is 0 Å². The van der Waals surface area contributed by atoms with E-state index in [4.69, 9.17) is 4.74 Å². The summed E-state index contributed by atoms with van der Waals surface area (Å²) in [5, 5.41) is 0. The number of ether oxygens (including phenoxy) is 1. The minimum absolute atomic E-state index is 0.326. The van der Waals surface area contributed by atoms with Gasteiger partial charge in [-0.25, -0.2) is 0 Å². The van der Waals surface area contributed by atoms with Crippen molar-refractivity contribution in [1.82, 2.24) is 4.90 Å². The lowest BCUT2D eigenvalue weighted by Crippen LogP contribution is -2.35. The highest BCUT2D eigenvalue weighted by molar-refractivity contribution is 5.79. The van der Waals surface area contributed by atoms with Gasteiger partial charge in [-0.1, -0.05) is 0 Å². The smallest absolute Gasteiger partial charge is 0.225 e. The van der Waals surface area contributed by atoms with Crippen LogP contribution in [-0.2, 0) is 9.53 Å². The zero-order valence-corrected chi connectivity index (χ0v) is 10.7. The Morgan fingerprint density at radius 1 is 1.24 bits per heavy atom. The third kappa shape index (κ3) is 2.82. The summed E-state index contributed by atoms with van der Waals surface area (Å²) in [5.74, 6) is 3.28. The highest BCUT2D eigenvalue weighted by Gasteiger charge is 2.48. The van der Waals surface area contributed by atoms with E-state index in [1.807, 2.05) is 11.9 Å². The minimum Gasteiger partial charge on any atom is -0.379 e. The minimum atomic E-state index is 0.326. The first-order chi connectivity index (χ1) is 8.24. The van der Waals surface area contributed by atoms with E-state index in [0.717, 1.165) is 43.7 Å². The highest BCUT2D eigenvalue weighted by Crippen LogP contribution is 2.54. The van der Waals surface area contributed by atoms with Crippen LogP contribution < -0.4 is 0 Å². The molecule has 1 amide bonds. The standard InChI is InChI=1S/C14H23NO2/c1-15(4-5-17-9-10-2-3-10)14(16)13-7-11-6-12(11)8-13/h10-13H,2-9H2,1H3. The molecule has 96 valence electrons. The second-order valence-electron chi connectivity index (χ2n) is 6.20. The highest BCUT2D eigenvalue weighted by atomic mass is 16.5. The molecule has 2 unspecified atom stereocenters. The topological polar surface area (TPSA) is 29.5 Å². The van der Waals surface area contributed by atoms with Gasteiger partial charge in [0.2, 0.25) is 5.91 Å². The average Bonchev–Trinajstić information content (AvgIpc) is 3.25. The Bertz CT molecular complexity index is 291. The van der Waals surface area contributed by atoms with Crippen LogP contribution in [0.2, 0.25) is 0 Å². The van der Waals surface area contributed by atoms with Crippen LogP contribution in [0.15, 0.2) is 0 Å². The van der Waals surface area contributed by atoms with Crippen molar-refractivity contribution >= 4 is 5.91 Å². The summed E-state index contributed by atoms with van der Waals surface area (Å²) >= 11 is 0. The second-order valence-corrected chi connectivity index (χ2v) is 6.20. The second kappa shape index (κ2) is 4.60. The number of likely N-dealkylation sites (N-methyl/N-ethyl adjacent to an activating group) is 1. The Morgan fingerprint density at radius 2 is 1.94 bits per heavy atom. The zero-order chi connectivity index (χ0) is 11.8. The fraction of sp³-hybridized carbons (Fsp3) is 0.929. The van der Waals surface area contributed by atoms with Crippen LogP contribution >= 0.6 is 0 Å². The van der Waals surface area contributed by atoms with Gasteiger partial charge < -0.3 is 9.64 Å². The van der Waals surface area contributed by atoms with E-state index in [-0.39, 0.29) is 0 Å². The van der Waals surface area contributed by atoms with Crippen LogP contribution in [0.5, 0.6) is 0 Å². The zero-order valence-electron chi connectivity index (χ0n) is 10.7. The maximum Gasteiger partial charge on any atom is 0.225 e. The molecule has 0 aromatic carbocycles. The van der Waals surface area contributed by atoms with Crippen molar-refractivity contribution in [2.75, 3.05) is 26.8 Å². The maximum atomic E-state index is 12.1. The summed E-state index contributed by atoms with van der Waals surface area (Å²) in [5.41, 5.74) is 0. The summed E-state index contributed by atoms with van der Waals surface area (Å²) < 4.78 is 5.58. The molecule has 0 bridgehead atoms. The monoisotopic (exact) mass is 237 g/mol.